The molecule has 39 heavy (non-hydrogen) atoms. The fourth-order valence-corrected chi connectivity index (χ4v) is 4.71. The lowest BCUT2D eigenvalue weighted by Crippen LogP contribution is -2.37. The summed E-state index contributed by atoms with van der Waals surface area (Å²) >= 11 is 1.49. The van der Waals surface area contributed by atoms with Crippen LogP contribution in [0.4, 0.5) is 20.2 Å². The molecule has 2 aromatic heterocycles. The average molecular weight is 547 g/mol. The van der Waals surface area contributed by atoms with Crippen LogP contribution >= 0.6 is 11.3 Å². The van der Waals surface area contributed by atoms with E-state index in [2.05, 4.69) is 16.0 Å². The zero-order valence-corrected chi connectivity index (χ0v) is 21.0. The molecule has 0 spiro atoms. The summed E-state index contributed by atoms with van der Waals surface area (Å²) in [6.07, 6.45) is 3.19. The normalized spacial score (nSPS) is 13.2. The maximum atomic E-state index is 13.5. The lowest BCUT2D eigenvalue weighted by atomic mass is 10.1. The number of hydrogen-bond acceptors (Lipinski definition) is 5. The van der Waals surface area contributed by atoms with E-state index in [-0.39, 0.29) is 18.0 Å². The summed E-state index contributed by atoms with van der Waals surface area (Å²) in [5.74, 6) is -3.59. The number of carbonyl (C=O) groups excluding carboxylic acids is 3. The van der Waals surface area contributed by atoms with Crippen LogP contribution < -0.4 is 21.5 Å². The summed E-state index contributed by atoms with van der Waals surface area (Å²) in [6, 6.07) is 14.8. The molecule has 8 nitrogen and oxygen atoms in total. The van der Waals surface area contributed by atoms with E-state index >= 15 is 0 Å². The highest BCUT2D eigenvalue weighted by atomic mass is 32.1. The quantitative estimate of drug-likeness (QED) is 0.303. The molecule has 0 aliphatic carbocycles. The van der Waals surface area contributed by atoms with Gasteiger partial charge in [0.15, 0.2) is 11.6 Å². The Morgan fingerprint density at radius 2 is 1.85 bits per heavy atom. The zero-order valence-electron chi connectivity index (χ0n) is 20.2. The highest BCUT2D eigenvalue weighted by molar-refractivity contribution is 7.11. The smallest absolute Gasteiger partial charge is 0.263 e. The molecule has 3 heterocycles. The highest BCUT2D eigenvalue weighted by Gasteiger charge is 2.25. The van der Waals surface area contributed by atoms with Gasteiger partial charge in [0.2, 0.25) is 5.91 Å². The van der Waals surface area contributed by atoms with Crippen molar-refractivity contribution >= 4 is 52.1 Å². The number of rotatable bonds is 7. The molecule has 0 radical (unpaired) electrons. The molecule has 0 bridgehead atoms. The van der Waals surface area contributed by atoms with E-state index in [1.54, 1.807) is 24.3 Å². The van der Waals surface area contributed by atoms with Gasteiger partial charge in [-0.05, 0) is 65.6 Å². The number of hydrogen-bond donors (Lipinski definition) is 3. The molecule has 5 rings (SSSR count). The number of halogens is 2. The van der Waals surface area contributed by atoms with Crippen LogP contribution in [-0.4, -0.2) is 28.8 Å². The summed E-state index contributed by atoms with van der Waals surface area (Å²) in [5, 5.41) is 9.78. The number of nitrogens with zero attached hydrogens (tertiary/aromatic N) is 1. The number of aromatic nitrogens is 1. The molecule has 3 N–H and O–H groups in total. The van der Waals surface area contributed by atoms with Crippen molar-refractivity contribution < 1.29 is 23.2 Å². The van der Waals surface area contributed by atoms with Gasteiger partial charge in [-0.25, -0.2) is 8.78 Å². The second kappa shape index (κ2) is 10.8. The molecule has 4 aromatic rings. The predicted molar refractivity (Wildman–Crippen MR) is 144 cm³/mol. The number of carbonyl (C=O) groups is 3. The topological polar surface area (TPSA) is 109 Å². The van der Waals surface area contributed by atoms with Gasteiger partial charge in [-0.2, -0.15) is 0 Å². The van der Waals surface area contributed by atoms with Crippen LogP contribution in [0.5, 0.6) is 0 Å². The van der Waals surface area contributed by atoms with E-state index in [9.17, 15) is 28.0 Å². The van der Waals surface area contributed by atoms with Gasteiger partial charge in [0, 0.05) is 28.0 Å². The first kappa shape index (κ1) is 25.7. The second-order valence-electron chi connectivity index (χ2n) is 8.62. The maximum Gasteiger partial charge on any atom is 0.263 e. The van der Waals surface area contributed by atoms with Crippen molar-refractivity contribution in [3.05, 3.63) is 116 Å². The molecule has 0 atom stereocenters. The minimum Gasteiger partial charge on any atom is -0.343 e. The fraction of sp³-hybridized carbons (Fsp3) is 0.0714. The highest BCUT2D eigenvalue weighted by Crippen LogP contribution is 2.35. The molecule has 2 aromatic carbocycles. The van der Waals surface area contributed by atoms with Gasteiger partial charge in [-0.1, -0.05) is 12.1 Å². The maximum absolute atomic E-state index is 13.5. The summed E-state index contributed by atoms with van der Waals surface area (Å²) < 4.78 is 27.9. The molecule has 0 saturated carbocycles. The first-order chi connectivity index (χ1) is 18.8. The first-order valence-corrected chi connectivity index (χ1v) is 12.6. The molecule has 196 valence electrons. The molecule has 0 unspecified atom stereocenters. The number of pyridine rings is 1. The summed E-state index contributed by atoms with van der Waals surface area (Å²) in [4.78, 5) is 51.3. The Balaban J connectivity index is 1.23. The van der Waals surface area contributed by atoms with Crippen LogP contribution in [0, 0.1) is 11.6 Å². The van der Waals surface area contributed by atoms with E-state index in [0.29, 0.717) is 28.1 Å². The van der Waals surface area contributed by atoms with Crippen LogP contribution in [0.15, 0.2) is 77.0 Å². The number of thiophene rings is 1. The summed E-state index contributed by atoms with van der Waals surface area (Å²) in [5.41, 5.74) is 1.64. The minimum absolute atomic E-state index is 0.0732. The monoisotopic (exact) mass is 546 g/mol. The lowest BCUT2D eigenvalue weighted by Gasteiger charge is -2.10. The Hall–Kier alpha value is -4.90. The minimum atomic E-state index is -1.04. The Morgan fingerprint density at radius 3 is 2.62 bits per heavy atom. The van der Waals surface area contributed by atoms with Crippen molar-refractivity contribution in [3.8, 4) is 0 Å². The Bertz CT molecular complexity index is 1700. The van der Waals surface area contributed by atoms with E-state index in [0.717, 1.165) is 17.0 Å². The number of fused-ring (bicyclic) bond motifs is 1. The summed E-state index contributed by atoms with van der Waals surface area (Å²) in [7, 11) is 0. The molecule has 1 aliphatic heterocycles. The van der Waals surface area contributed by atoms with Gasteiger partial charge >= 0.3 is 0 Å². The third kappa shape index (κ3) is 5.68. The van der Waals surface area contributed by atoms with Crippen LogP contribution in [0.2, 0.25) is 0 Å². The van der Waals surface area contributed by atoms with E-state index in [1.807, 2.05) is 17.5 Å². The van der Waals surface area contributed by atoms with Crippen LogP contribution in [0.1, 0.15) is 26.4 Å². The van der Waals surface area contributed by atoms with E-state index in [4.69, 9.17) is 0 Å². The van der Waals surface area contributed by atoms with Crippen molar-refractivity contribution in [2.75, 3.05) is 17.2 Å². The molecular formula is C28H20F2N4O4S. The SMILES string of the molecule is O=C(CNC(=O)c1cccn(Cc2ccc(F)c(F)c2)c1=O)Nc1ccc2c(c1)/C(=C\c1cccs1)C(=O)N2. The van der Waals surface area contributed by atoms with Gasteiger partial charge in [-0.3, -0.25) is 19.2 Å². The van der Waals surface area contributed by atoms with Crippen molar-refractivity contribution in [1.82, 2.24) is 9.88 Å². The Morgan fingerprint density at radius 1 is 1.00 bits per heavy atom. The average Bonchev–Trinajstić information content (AvgIpc) is 3.54. The van der Waals surface area contributed by atoms with Gasteiger partial charge in [-0.15, -0.1) is 11.3 Å². The lowest BCUT2D eigenvalue weighted by molar-refractivity contribution is -0.115. The second-order valence-corrected chi connectivity index (χ2v) is 9.60. The number of amides is 3. The number of anilines is 2. The number of nitrogens with one attached hydrogen (secondary N) is 3. The Kier molecular flexibility index (Phi) is 7.15. The van der Waals surface area contributed by atoms with Gasteiger partial charge in [0.1, 0.15) is 5.56 Å². The fourth-order valence-electron chi connectivity index (χ4n) is 4.05. The Labute approximate surface area is 224 Å². The molecule has 11 heteroatoms. The van der Waals surface area contributed by atoms with Crippen molar-refractivity contribution in [3.63, 3.8) is 0 Å². The van der Waals surface area contributed by atoms with Crippen molar-refractivity contribution in [1.29, 1.82) is 0 Å². The molecular weight excluding hydrogens is 526 g/mol. The molecule has 3 amide bonds. The van der Waals surface area contributed by atoms with Crippen LogP contribution in [0.25, 0.3) is 11.6 Å². The predicted octanol–water partition coefficient (Wildman–Crippen LogP) is 4.10. The van der Waals surface area contributed by atoms with Crippen LogP contribution in [-0.2, 0) is 16.1 Å². The molecule has 0 saturated heterocycles. The van der Waals surface area contributed by atoms with Gasteiger partial charge in [0.25, 0.3) is 17.4 Å². The largest absolute Gasteiger partial charge is 0.343 e. The van der Waals surface area contributed by atoms with E-state index in [1.165, 1.54) is 40.3 Å². The van der Waals surface area contributed by atoms with E-state index < -0.39 is 35.6 Å². The summed E-state index contributed by atoms with van der Waals surface area (Å²) in [6.45, 7) is -0.487. The standard InChI is InChI=1S/C28H20F2N4O4S/c29-22-7-5-16(11-23(22)30)15-34-9-1-4-19(28(34)38)26(36)31-14-25(35)32-17-6-8-24-20(12-17)21(27(37)33-24)13-18-3-2-10-39-18/h1-13H,14-15H2,(H,31,36)(H,32,35)(H,33,37)/b21-13+. The first-order valence-electron chi connectivity index (χ1n) is 11.7. The van der Waals surface area contributed by atoms with Crippen molar-refractivity contribution in [2.24, 2.45) is 0 Å². The zero-order chi connectivity index (χ0) is 27.5. The third-order valence-electron chi connectivity index (χ3n) is 5.93. The molecule has 1 aliphatic rings. The number of benzene rings is 2. The van der Waals surface area contributed by atoms with Crippen LogP contribution in [0.3, 0.4) is 0 Å². The van der Waals surface area contributed by atoms with Gasteiger partial charge in [0.05, 0.1) is 18.7 Å². The third-order valence-corrected chi connectivity index (χ3v) is 6.75. The molecule has 0 fully saturated rings. The van der Waals surface area contributed by atoms with Gasteiger partial charge < -0.3 is 20.5 Å². The van der Waals surface area contributed by atoms with Crippen molar-refractivity contribution in [2.45, 2.75) is 6.54 Å².